The van der Waals surface area contributed by atoms with E-state index in [4.69, 9.17) is 23.8 Å². The molecule has 0 unspecified atom stereocenters. The van der Waals surface area contributed by atoms with Gasteiger partial charge in [0.2, 0.25) is 0 Å². The molecule has 5 heteroatoms. The smallest absolute Gasteiger partial charge is 0.164 e. The van der Waals surface area contributed by atoms with Gasteiger partial charge in [0.1, 0.15) is 22.3 Å². The molecule has 0 amide bonds. The summed E-state index contributed by atoms with van der Waals surface area (Å²) in [5.74, 6) is 1.92. The number of para-hydroxylation sites is 2. The molecule has 0 N–H and O–H groups in total. The molecule has 3 aromatic heterocycles. The van der Waals surface area contributed by atoms with Crippen molar-refractivity contribution >= 4 is 71.0 Å². The molecule has 0 aliphatic heterocycles. The van der Waals surface area contributed by atoms with Gasteiger partial charge in [-0.3, -0.25) is 0 Å². The fraction of sp³-hybridized carbons (Fsp3) is 0.0426. The highest BCUT2D eigenvalue weighted by Gasteiger charge is 2.22. The van der Waals surface area contributed by atoms with Crippen LogP contribution in [-0.4, -0.2) is 15.0 Å². The summed E-state index contributed by atoms with van der Waals surface area (Å²) in [6.07, 6.45) is 8.50. The van der Waals surface area contributed by atoms with Gasteiger partial charge in [-0.2, -0.15) is 0 Å². The van der Waals surface area contributed by atoms with E-state index < -0.39 is 0 Å². The first-order valence-electron chi connectivity index (χ1n) is 17.7. The summed E-state index contributed by atoms with van der Waals surface area (Å²) in [5, 5.41) is 8.68. The van der Waals surface area contributed by atoms with E-state index in [2.05, 4.69) is 127 Å². The first-order valence-corrected chi connectivity index (χ1v) is 17.7. The Morgan fingerprint density at radius 3 is 2.06 bits per heavy atom. The van der Waals surface area contributed by atoms with Crippen molar-refractivity contribution in [3.63, 3.8) is 0 Å². The van der Waals surface area contributed by atoms with Crippen molar-refractivity contribution in [2.24, 2.45) is 0 Å². The van der Waals surface area contributed by atoms with Gasteiger partial charge < -0.3 is 8.83 Å². The molecule has 0 fully saturated rings. The average molecular weight is 668 g/mol. The van der Waals surface area contributed by atoms with Crippen LogP contribution in [0.4, 0.5) is 0 Å². The Bertz CT molecular complexity index is 3140. The minimum absolute atomic E-state index is 0.614. The molecule has 0 bridgehead atoms. The Kier molecular flexibility index (Phi) is 6.31. The first-order chi connectivity index (χ1) is 25.8. The number of rotatable bonds is 4. The van der Waals surface area contributed by atoms with Crippen LogP contribution in [0.5, 0.6) is 0 Å². The molecule has 3 heterocycles. The first kappa shape index (κ1) is 28.9. The molecule has 11 rings (SSSR count). The van der Waals surface area contributed by atoms with Gasteiger partial charge in [0.05, 0.1) is 0 Å². The van der Waals surface area contributed by atoms with Crippen LogP contribution in [-0.2, 0) is 0 Å². The van der Waals surface area contributed by atoms with Gasteiger partial charge in [-0.15, -0.1) is 0 Å². The van der Waals surface area contributed by atoms with Gasteiger partial charge in [-0.1, -0.05) is 127 Å². The third-order valence-corrected chi connectivity index (χ3v) is 10.3. The quantitative estimate of drug-likeness (QED) is 0.187. The Hall–Kier alpha value is -6.85. The van der Waals surface area contributed by atoms with Crippen LogP contribution in [0.2, 0.25) is 0 Å². The number of benzene rings is 7. The second kappa shape index (κ2) is 11.3. The molecule has 1 aliphatic rings. The summed E-state index contributed by atoms with van der Waals surface area (Å²) < 4.78 is 13.2. The van der Waals surface area contributed by atoms with Crippen LogP contribution in [0.3, 0.4) is 0 Å². The standard InChI is InChI=1S/C47H29N3O2/c1-2-13-29(14-3-1)45-48-46(31-25-24-28-12-4-5-15-30(28)26-31)50-47(49-45)37-21-11-23-41-42(37)36-20-10-19-35(43(36)52-41)38-27-39-33-17-8-9-22-40(33)51-44(39)34-18-7-6-16-32(34)38/h2,4-27H,1,3H2. The lowest BCUT2D eigenvalue weighted by atomic mass is 9.94. The SMILES string of the molecule is C1=CC(c2nc(-c3ccc4ccccc4c3)nc(-c3cccc4oc5c(-c6cc7c8ccccc8oc7c7ccccc67)cccc5c34)n2)=CCC1. The molecule has 0 radical (unpaired) electrons. The number of nitrogens with zero attached hydrogens (tertiary/aromatic N) is 3. The largest absolute Gasteiger partial charge is 0.455 e. The second-order valence-corrected chi connectivity index (χ2v) is 13.4. The molecule has 0 saturated carbocycles. The minimum Gasteiger partial charge on any atom is -0.455 e. The van der Waals surface area contributed by atoms with E-state index in [-0.39, 0.29) is 0 Å². The van der Waals surface area contributed by atoms with Crippen molar-refractivity contribution in [3.8, 4) is 33.9 Å². The van der Waals surface area contributed by atoms with Crippen molar-refractivity contribution in [2.45, 2.75) is 12.8 Å². The summed E-state index contributed by atoms with van der Waals surface area (Å²) in [5.41, 5.74) is 8.37. The molecule has 5 nitrogen and oxygen atoms in total. The fourth-order valence-corrected chi connectivity index (χ4v) is 7.88. The van der Waals surface area contributed by atoms with Crippen molar-refractivity contribution in [1.82, 2.24) is 15.0 Å². The third kappa shape index (κ3) is 4.46. The molecular formula is C47H29N3O2. The maximum atomic E-state index is 6.82. The van der Waals surface area contributed by atoms with E-state index in [0.717, 1.165) is 101 Å². The third-order valence-electron chi connectivity index (χ3n) is 10.3. The molecule has 0 saturated heterocycles. The zero-order valence-electron chi connectivity index (χ0n) is 28.0. The number of allylic oxidation sites excluding steroid dienone is 4. The number of aromatic nitrogens is 3. The Labute approximate surface area is 298 Å². The van der Waals surface area contributed by atoms with Crippen LogP contribution >= 0.6 is 0 Å². The fourth-order valence-electron chi connectivity index (χ4n) is 7.88. The molecule has 52 heavy (non-hydrogen) atoms. The highest BCUT2D eigenvalue weighted by molar-refractivity contribution is 6.22. The average Bonchev–Trinajstić information content (AvgIpc) is 3.79. The van der Waals surface area contributed by atoms with Crippen LogP contribution in [0, 0.1) is 0 Å². The molecule has 244 valence electrons. The van der Waals surface area contributed by atoms with Crippen molar-refractivity contribution in [2.75, 3.05) is 0 Å². The normalized spacial score (nSPS) is 13.3. The van der Waals surface area contributed by atoms with Gasteiger partial charge in [-0.05, 0) is 58.8 Å². The number of hydrogen-bond donors (Lipinski definition) is 0. The second-order valence-electron chi connectivity index (χ2n) is 13.4. The molecule has 10 aromatic rings. The molecule has 7 aromatic carbocycles. The lowest BCUT2D eigenvalue weighted by molar-refractivity contribution is 0.670. The predicted octanol–water partition coefficient (Wildman–Crippen LogP) is 12.7. The molecule has 0 atom stereocenters. The highest BCUT2D eigenvalue weighted by atomic mass is 16.3. The Balaban J connectivity index is 1.15. The molecule has 1 aliphatic carbocycles. The van der Waals surface area contributed by atoms with Gasteiger partial charge in [-0.25, -0.2) is 15.0 Å². The monoisotopic (exact) mass is 667 g/mol. The van der Waals surface area contributed by atoms with Crippen molar-refractivity contribution in [3.05, 3.63) is 158 Å². The maximum absolute atomic E-state index is 6.82. The zero-order chi connectivity index (χ0) is 34.2. The van der Waals surface area contributed by atoms with Gasteiger partial charge in [0.25, 0.3) is 0 Å². The summed E-state index contributed by atoms with van der Waals surface area (Å²) in [7, 11) is 0. The lowest BCUT2D eigenvalue weighted by Gasteiger charge is -2.11. The van der Waals surface area contributed by atoms with E-state index in [1.54, 1.807) is 0 Å². The highest BCUT2D eigenvalue weighted by Crippen LogP contribution is 2.44. The van der Waals surface area contributed by atoms with Crippen LogP contribution < -0.4 is 0 Å². The van der Waals surface area contributed by atoms with E-state index in [9.17, 15) is 0 Å². The zero-order valence-corrected chi connectivity index (χ0v) is 28.0. The number of furan rings is 2. The molecule has 0 spiro atoms. The molecular weight excluding hydrogens is 639 g/mol. The Morgan fingerprint density at radius 2 is 1.15 bits per heavy atom. The van der Waals surface area contributed by atoms with Crippen LogP contribution in [0.1, 0.15) is 18.7 Å². The van der Waals surface area contributed by atoms with Crippen LogP contribution in [0.25, 0.3) is 105 Å². The predicted molar refractivity (Wildman–Crippen MR) is 212 cm³/mol. The van der Waals surface area contributed by atoms with Crippen molar-refractivity contribution < 1.29 is 8.83 Å². The Morgan fingerprint density at radius 1 is 0.442 bits per heavy atom. The topological polar surface area (TPSA) is 65.0 Å². The van der Waals surface area contributed by atoms with E-state index >= 15 is 0 Å². The summed E-state index contributed by atoms with van der Waals surface area (Å²) in [4.78, 5) is 15.3. The van der Waals surface area contributed by atoms with Gasteiger partial charge in [0, 0.05) is 49.2 Å². The summed E-state index contributed by atoms with van der Waals surface area (Å²) in [6, 6.07) is 46.3. The summed E-state index contributed by atoms with van der Waals surface area (Å²) >= 11 is 0. The van der Waals surface area contributed by atoms with E-state index in [1.807, 2.05) is 24.3 Å². The van der Waals surface area contributed by atoms with E-state index in [0.29, 0.717) is 17.5 Å². The summed E-state index contributed by atoms with van der Waals surface area (Å²) in [6.45, 7) is 0. The van der Waals surface area contributed by atoms with Crippen molar-refractivity contribution in [1.29, 1.82) is 0 Å². The maximum Gasteiger partial charge on any atom is 0.164 e. The van der Waals surface area contributed by atoms with E-state index in [1.165, 1.54) is 5.39 Å². The van der Waals surface area contributed by atoms with Gasteiger partial charge in [0.15, 0.2) is 17.5 Å². The number of hydrogen-bond acceptors (Lipinski definition) is 5. The van der Waals surface area contributed by atoms with Crippen LogP contribution in [0.15, 0.2) is 161 Å². The minimum atomic E-state index is 0.614. The number of fused-ring (bicyclic) bond motifs is 9. The lowest BCUT2D eigenvalue weighted by Crippen LogP contribution is -2.03. The van der Waals surface area contributed by atoms with Gasteiger partial charge >= 0.3 is 0 Å².